The summed E-state index contributed by atoms with van der Waals surface area (Å²) in [7, 11) is 1.61. The van der Waals surface area contributed by atoms with E-state index in [1.807, 2.05) is 31.2 Å². The SMILES string of the molecule is CCSc1nnc(S[C@@H](C)C(=O)Nc2ccc(OC)cc2)s1. The third-order valence-electron chi connectivity index (χ3n) is 2.66. The first-order valence-electron chi connectivity index (χ1n) is 6.70. The number of anilines is 1. The number of thioether (sulfide) groups is 2. The van der Waals surface area contributed by atoms with Gasteiger partial charge in [-0.25, -0.2) is 0 Å². The van der Waals surface area contributed by atoms with Gasteiger partial charge in [0.2, 0.25) is 5.91 Å². The van der Waals surface area contributed by atoms with Crippen molar-refractivity contribution >= 4 is 46.5 Å². The lowest BCUT2D eigenvalue weighted by molar-refractivity contribution is -0.115. The third-order valence-corrected chi connectivity index (χ3v) is 5.78. The van der Waals surface area contributed by atoms with Gasteiger partial charge in [0.1, 0.15) is 5.75 Å². The quantitative estimate of drug-likeness (QED) is 0.763. The van der Waals surface area contributed by atoms with E-state index in [9.17, 15) is 4.79 Å². The predicted octanol–water partition coefficient (Wildman–Crippen LogP) is 3.78. The summed E-state index contributed by atoms with van der Waals surface area (Å²) < 4.78 is 6.84. The van der Waals surface area contributed by atoms with Crippen molar-refractivity contribution in [3.05, 3.63) is 24.3 Å². The first-order chi connectivity index (χ1) is 10.6. The number of hydrogen-bond donors (Lipinski definition) is 1. The van der Waals surface area contributed by atoms with Crippen molar-refractivity contribution in [3.8, 4) is 5.75 Å². The number of nitrogens with zero attached hydrogens (tertiary/aromatic N) is 2. The van der Waals surface area contributed by atoms with Gasteiger partial charge in [-0.3, -0.25) is 4.79 Å². The molecule has 0 aliphatic rings. The van der Waals surface area contributed by atoms with Crippen LogP contribution in [0, 0.1) is 0 Å². The predicted molar refractivity (Wildman–Crippen MR) is 93.2 cm³/mol. The smallest absolute Gasteiger partial charge is 0.237 e. The maximum Gasteiger partial charge on any atom is 0.237 e. The number of amides is 1. The molecule has 0 aliphatic heterocycles. The highest BCUT2D eigenvalue weighted by atomic mass is 32.2. The maximum atomic E-state index is 12.2. The van der Waals surface area contributed by atoms with Gasteiger partial charge in [-0.05, 0) is 36.9 Å². The van der Waals surface area contributed by atoms with E-state index in [-0.39, 0.29) is 11.2 Å². The molecule has 8 heteroatoms. The maximum absolute atomic E-state index is 12.2. The summed E-state index contributed by atoms with van der Waals surface area (Å²) in [5, 5.41) is 10.8. The molecule has 1 aromatic heterocycles. The highest BCUT2D eigenvalue weighted by Crippen LogP contribution is 2.31. The van der Waals surface area contributed by atoms with Gasteiger partial charge in [-0.1, -0.05) is 41.8 Å². The summed E-state index contributed by atoms with van der Waals surface area (Å²) >= 11 is 4.60. The first-order valence-corrected chi connectivity index (χ1v) is 9.38. The fraction of sp³-hybridized carbons (Fsp3) is 0.357. The fourth-order valence-electron chi connectivity index (χ4n) is 1.55. The number of carbonyl (C=O) groups is 1. The summed E-state index contributed by atoms with van der Waals surface area (Å²) in [6.07, 6.45) is 0. The monoisotopic (exact) mass is 355 g/mol. The average molecular weight is 356 g/mol. The lowest BCUT2D eigenvalue weighted by atomic mass is 10.3. The molecule has 1 N–H and O–H groups in total. The van der Waals surface area contributed by atoms with E-state index in [1.165, 1.54) is 23.1 Å². The number of nitrogens with one attached hydrogen (secondary N) is 1. The van der Waals surface area contributed by atoms with E-state index in [1.54, 1.807) is 18.9 Å². The highest BCUT2D eigenvalue weighted by Gasteiger charge is 2.17. The van der Waals surface area contributed by atoms with E-state index >= 15 is 0 Å². The molecule has 0 unspecified atom stereocenters. The summed E-state index contributed by atoms with van der Waals surface area (Å²) in [6, 6.07) is 7.25. The molecule has 0 bridgehead atoms. The Morgan fingerprint density at radius 2 is 2.00 bits per heavy atom. The van der Waals surface area contributed by atoms with E-state index < -0.39 is 0 Å². The average Bonchev–Trinajstić information content (AvgIpc) is 2.95. The minimum absolute atomic E-state index is 0.0601. The number of benzene rings is 1. The van der Waals surface area contributed by atoms with Crippen LogP contribution in [-0.4, -0.2) is 34.2 Å². The molecule has 2 aromatic rings. The molecule has 0 saturated carbocycles. The zero-order chi connectivity index (χ0) is 15.9. The summed E-state index contributed by atoms with van der Waals surface area (Å²) in [5.74, 6) is 1.66. The van der Waals surface area contributed by atoms with Crippen LogP contribution < -0.4 is 10.1 Å². The van der Waals surface area contributed by atoms with E-state index in [0.717, 1.165) is 25.9 Å². The molecule has 0 aliphatic carbocycles. The van der Waals surface area contributed by atoms with E-state index in [0.29, 0.717) is 0 Å². The highest BCUT2D eigenvalue weighted by molar-refractivity contribution is 8.03. The minimum Gasteiger partial charge on any atom is -0.497 e. The number of carbonyl (C=O) groups excluding carboxylic acids is 1. The zero-order valence-corrected chi connectivity index (χ0v) is 15.0. The van der Waals surface area contributed by atoms with Gasteiger partial charge >= 0.3 is 0 Å². The molecule has 0 fully saturated rings. The zero-order valence-electron chi connectivity index (χ0n) is 12.5. The first kappa shape index (κ1) is 17.1. The topological polar surface area (TPSA) is 64.1 Å². The lowest BCUT2D eigenvalue weighted by Crippen LogP contribution is -2.22. The van der Waals surface area contributed by atoms with Crippen LogP contribution in [0.3, 0.4) is 0 Å². The Morgan fingerprint density at radius 3 is 2.64 bits per heavy atom. The molecule has 0 saturated heterocycles. The summed E-state index contributed by atoms with van der Waals surface area (Å²) in [4.78, 5) is 12.2. The molecule has 2 rings (SSSR count). The van der Waals surface area contributed by atoms with Gasteiger partial charge in [-0.2, -0.15) is 0 Å². The fourth-order valence-corrected chi connectivity index (χ4v) is 4.61. The largest absolute Gasteiger partial charge is 0.497 e. The van der Waals surface area contributed by atoms with E-state index in [2.05, 4.69) is 22.4 Å². The Morgan fingerprint density at radius 1 is 1.32 bits per heavy atom. The van der Waals surface area contributed by atoms with Gasteiger partial charge < -0.3 is 10.1 Å². The summed E-state index contributed by atoms with van der Waals surface area (Å²) in [6.45, 7) is 3.93. The molecule has 1 atom stereocenters. The molecule has 1 aromatic carbocycles. The molecule has 1 heterocycles. The second-order valence-electron chi connectivity index (χ2n) is 4.24. The van der Waals surface area contributed by atoms with Crippen molar-refractivity contribution < 1.29 is 9.53 Å². The third kappa shape index (κ3) is 4.89. The molecule has 0 spiro atoms. The van der Waals surface area contributed by atoms with Gasteiger partial charge in [0.25, 0.3) is 0 Å². The van der Waals surface area contributed by atoms with Crippen LogP contribution in [0.25, 0.3) is 0 Å². The Bertz CT molecular complexity index is 616. The van der Waals surface area contributed by atoms with Gasteiger partial charge in [0.15, 0.2) is 8.68 Å². The Hall–Kier alpha value is -1.25. The van der Waals surface area contributed by atoms with Gasteiger partial charge in [-0.15, -0.1) is 10.2 Å². The van der Waals surface area contributed by atoms with Crippen molar-refractivity contribution in [2.24, 2.45) is 0 Å². The molecular formula is C14H17N3O2S3. The van der Waals surface area contributed by atoms with Crippen LogP contribution in [0.1, 0.15) is 13.8 Å². The van der Waals surface area contributed by atoms with Gasteiger partial charge in [0.05, 0.1) is 12.4 Å². The van der Waals surface area contributed by atoms with Crippen LogP contribution in [0.4, 0.5) is 5.69 Å². The molecule has 118 valence electrons. The van der Waals surface area contributed by atoms with Crippen LogP contribution >= 0.6 is 34.9 Å². The standard InChI is InChI=1S/C14H17N3O2S3/c1-4-20-13-16-17-14(22-13)21-9(2)12(18)15-10-5-7-11(19-3)8-6-10/h5-9H,4H2,1-3H3,(H,15,18)/t9-/m0/s1. The van der Waals surface area contributed by atoms with Crippen molar-refractivity contribution in [2.45, 2.75) is 27.8 Å². The number of hydrogen-bond acceptors (Lipinski definition) is 7. The normalized spacial score (nSPS) is 12.0. The van der Waals surface area contributed by atoms with Crippen LogP contribution in [-0.2, 0) is 4.79 Å². The van der Waals surface area contributed by atoms with Crippen LogP contribution in [0.15, 0.2) is 32.9 Å². The minimum atomic E-state index is -0.241. The molecule has 0 radical (unpaired) electrons. The molecule has 5 nitrogen and oxygen atoms in total. The Labute approximate surface area is 142 Å². The number of methoxy groups -OCH3 is 1. The van der Waals surface area contributed by atoms with Crippen LogP contribution in [0.2, 0.25) is 0 Å². The number of aromatic nitrogens is 2. The molecule has 1 amide bonds. The van der Waals surface area contributed by atoms with Gasteiger partial charge in [0, 0.05) is 5.69 Å². The number of ether oxygens (including phenoxy) is 1. The lowest BCUT2D eigenvalue weighted by Gasteiger charge is -2.10. The van der Waals surface area contributed by atoms with Crippen molar-refractivity contribution in [1.82, 2.24) is 10.2 Å². The molecular weight excluding hydrogens is 338 g/mol. The van der Waals surface area contributed by atoms with Crippen molar-refractivity contribution in [3.63, 3.8) is 0 Å². The second kappa shape index (κ2) is 8.40. The van der Waals surface area contributed by atoms with Crippen molar-refractivity contribution in [1.29, 1.82) is 0 Å². The second-order valence-corrected chi connectivity index (χ2v) is 8.32. The van der Waals surface area contributed by atoms with Crippen LogP contribution in [0.5, 0.6) is 5.75 Å². The van der Waals surface area contributed by atoms with E-state index in [4.69, 9.17) is 4.74 Å². The Kier molecular flexibility index (Phi) is 6.53. The number of rotatable bonds is 7. The Balaban J connectivity index is 1.90. The molecule has 22 heavy (non-hydrogen) atoms. The summed E-state index contributed by atoms with van der Waals surface area (Å²) in [5.41, 5.74) is 0.748. The van der Waals surface area contributed by atoms with Crippen molar-refractivity contribution in [2.75, 3.05) is 18.2 Å².